The van der Waals surface area contributed by atoms with Crippen LogP contribution in [0.15, 0.2) is 84.9 Å². The van der Waals surface area contributed by atoms with Crippen molar-refractivity contribution in [3.05, 3.63) is 118 Å². The summed E-state index contributed by atoms with van der Waals surface area (Å²) in [4.78, 5) is 70.4. The van der Waals surface area contributed by atoms with Crippen LogP contribution in [-0.2, 0) is 47.5 Å². The van der Waals surface area contributed by atoms with E-state index in [1.165, 1.54) is 5.56 Å². The van der Waals surface area contributed by atoms with E-state index in [2.05, 4.69) is 67.9 Å². The summed E-state index contributed by atoms with van der Waals surface area (Å²) in [5.74, 6) is -0.946. The van der Waals surface area contributed by atoms with Crippen molar-refractivity contribution in [3.8, 4) is 11.1 Å². The normalized spacial score (nSPS) is 27.1. The molecule has 5 aliphatic carbocycles. The number of hydrogen-bond acceptors (Lipinski definition) is 8. The number of benzene rings is 4. The third-order valence-corrected chi connectivity index (χ3v) is 17.1. The first-order valence-electron chi connectivity index (χ1n) is 24.9. The van der Waals surface area contributed by atoms with Crippen molar-refractivity contribution in [2.24, 2.45) is 17.3 Å². The van der Waals surface area contributed by atoms with Gasteiger partial charge in [0.15, 0.2) is 0 Å². The first kappa shape index (κ1) is 48.0. The fourth-order valence-corrected chi connectivity index (χ4v) is 13.9. The Hall–Kier alpha value is -6.01. The first-order valence-corrected chi connectivity index (χ1v) is 24.9. The largest absolute Gasteiger partial charge is 0.449 e. The molecule has 2 saturated carbocycles. The monoisotopic (exact) mass is 937 g/mol. The number of nitrogens with zero attached hydrogens (tertiary/aromatic N) is 1. The summed E-state index contributed by atoms with van der Waals surface area (Å²) in [5, 5.41) is 18.8. The highest BCUT2D eigenvalue weighted by molar-refractivity contribution is 5.97. The number of ether oxygens (including phenoxy) is 2. The summed E-state index contributed by atoms with van der Waals surface area (Å²) in [6.07, 6.45) is 7.36. The molecule has 69 heavy (non-hydrogen) atoms. The second kappa shape index (κ2) is 18.1. The van der Waals surface area contributed by atoms with Gasteiger partial charge in [-0.3, -0.25) is 24.6 Å². The molecule has 0 bridgehead atoms. The van der Waals surface area contributed by atoms with Crippen LogP contribution in [0, 0.1) is 17.3 Å². The summed E-state index contributed by atoms with van der Waals surface area (Å²) in [7, 11) is 0. The third-order valence-electron chi connectivity index (χ3n) is 17.1. The molecule has 4 aromatic rings. The quantitative estimate of drug-likeness (QED) is 0.114. The first-order chi connectivity index (χ1) is 32.8. The number of fused-ring (bicyclic) bond motifs is 9. The number of carbonyl (C=O) groups is 5. The molecule has 0 aromatic heterocycles. The van der Waals surface area contributed by atoms with Gasteiger partial charge in [-0.2, -0.15) is 0 Å². The minimum absolute atomic E-state index is 0.00427. The van der Waals surface area contributed by atoms with E-state index in [-0.39, 0.29) is 35.7 Å². The average molecular weight is 937 g/mol. The average Bonchev–Trinajstić information content (AvgIpc) is 3.63. The zero-order chi connectivity index (χ0) is 49.1. The van der Waals surface area contributed by atoms with Crippen LogP contribution in [0.4, 0.5) is 21.0 Å². The molecule has 5 amide bonds. The van der Waals surface area contributed by atoms with Crippen molar-refractivity contribution in [1.29, 1.82) is 0 Å². The van der Waals surface area contributed by atoms with Crippen molar-refractivity contribution in [2.45, 2.75) is 147 Å². The SMILES string of the molecule is CC(C)(C)OC(=O)Nc1ccc2c(c1)[C@@]1(C)CCC[C@](C)(N(C=O)C(=O)[C@@]3(C)CCC[C@]4(C)c5cc(NC(=O)[C@H](CO)NC(=O)OCC6c7ccccc7-c7ccccc76)ccc5CC[C@@H]34)[C@@H]1CC2. The van der Waals surface area contributed by atoms with Gasteiger partial charge in [0.25, 0.3) is 0 Å². The highest BCUT2D eigenvalue weighted by Crippen LogP contribution is 2.61. The van der Waals surface area contributed by atoms with E-state index in [1.807, 2.05) is 81.4 Å². The number of aliphatic hydroxyl groups excluding tert-OH is 1. The van der Waals surface area contributed by atoms with Gasteiger partial charge < -0.3 is 25.2 Å². The van der Waals surface area contributed by atoms with Crippen LogP contribution in [0.3, 0.4) is 0 Å². The molecule has 4 aromatic carbocycles. The number of amides is 5. The smallest absolute Gasteiger partial charge is 0.412 e. The van der Waals surface area contributed by atoms with Crippen molar-refractivity contribution in [2.75, 3.05) is 23.8 Å². The number of hydrogen-bond donors (Lipinski definition) is 4. The lowest BCUT2D eigenvalue weighted by Gasteiger charge is -2.60. The minimum atomic E-state index is -1.26. The van der Waals surface area contributed by atoms with Crippen LogP contribution >= 0.6 is 0 Å². The number of carbonyl (C=O) groups excluding carboxylic acids is 5. The Kier molecular flexibility index (Phi) is 12.6. The lowest BCUT2D eigenvalue weighted by Crippen LogP contribution is -2.66. The highest BCUT2D eigenvalue weighted by Gasteiger charge is 2.61. The molecule has 12 heteroatoms. The number of alkyl carbamates (subject to hydrolysis) is 1. The summed E-state index contributed by atoms with van der Waals surface area (Å²) >= 11 is 0. The second-order valence-electron chi connectivity index (χ2n) is 22.3. The molecule has 2 fully saturated rings. The van der Waals surface area contributed by atoms with E-state index in [0.29, 0.717) is 24.2 Å². The molecule has 0 heterocycles. The number of nitrogens with one attached hydrogen (secondary N) is 3. The fourth-order valence-electron chi connectivity index (χ4n) is 13.9. The molecular weight excluding hydrogens is 869 g/mol. The molecule has 364 valence electrons. The fraction of sp³-hybridized carbons (Fsp3) is 0.491. The van der Waals surface area contributed by atoms with E-state index < -0.39 is 52.7 Å². The predicted octanol–water partition coefficient (Wildman–Crippen LogP) is 10.3. The van der Waals surface area contributed by atoms with Crippen molar-refractivity contribution >= 4 is 41.8 Å². The lowest BCUT2D eigenvalue weighted by molar-refractivity contribution is -0.166. The second-order valence-corrected chi connectivity index (χ2v) is 22.3. The molecule has 12 nitrogen and oxygen atoms in total. The van der Waals surface area contributed by atoms with Gasteiger partial charge in [0.05, 0.1) is 17.6 Å². The summed E-state index contributed by atoms with van der Waals surface area (Å²) in [6, 6.07) is 26.8. The Balaban J connectivity index is 0.901. The van der Waals surface area contributed by atoms with Gasteiger partial charge in [-0.1, -0.05) is 94.3 Å². The van der Waals surface area contributed by atoms with E-state index >= 15 is 4.79 Å². The maximum atomic E-state index is 15.5. The van der Waals surface area contributed by atoms with Crippen molar-refractivity contribution < 1.29 is 38.6 Å². The van der Waals surface area contributed by atoms with Gasteiger partial charge in [-0.05, 0) is 171 Å². The van der Waals surface area contributed by atoms with Gasteiger partial charge in [-0.25, -0.2) is 9.59 Å². The molecular formula is C57H68N4O8. The van der Waals surface area contributed by atoms with Gasteiger partial charge in [0.2, 0.25) is 18.2 Å². The van der Waals surface area contributed by atoms with E-state index in [0.717, 1.165) is 96.7 Å². The number of aryl methyl sites for hydroxylation is 2. The number of aliphatic hydroxyl groups is 1. The Morgan fingerprint density at radius 3 is 1.87 bits per heavy atom. The minimum Gasteiger partial charge on any atom is -0.449 e. The lowest BCUT2D eigenvalue weighted by atomic mass is 9.48. The van der Waals surface area contributed by atoms with Crippen molar-refractivity contribution in [1.82, 2.24) is 10.2 Å². The molecule has 7 atom stereocenters. The maximum Gasteiger partial charge on any atom is 0.412 e. The van der Waals surface area contributed by atoms with Crippen LogP contribution in [0.25, 0.3) is 11.1 Å². The molecule has 0 unspecified atom stereocenters. The predicted molar refractivity (Wildman–Crippen MR) is 266 cm³/mol. The van der Waals surface area contributed by atoms with E-state index in [4.69, 9.17) is 9.47 Å². The molecule has 9 rings (SSSR count). The molecule has 0 saturated heterocycles. The standard InChI is InChI=1S/C57H68N4O8/c1-53(2,3)69-52(67)59-38-23-19-36-21-25-48-55(5,45(36)31-38)27-13-29-57(48,7)61(34-63)50(65)56(6)28-12-26-54(4)44-30-37(22-18-35(44)20-24-47(54)56)58-49(64)46(32-62)60-51(66)68-33-43-41-16-10-8-14-39(41)40-15-9-11-17-42(40)43/h8-11,14-19,22-23,30-31,34,43,46-48,62H,12-13,20-21,24-29,32-33H2,1-7H3,(H,58,64)(H,59,67)(H,60,66)/t46-,47+,48+,54+,55+,56-,57-/m0/s1. The highest BCUT2D eigenvalue weighted by atomic mass is 16.6. The summed E-state index contributed by atoms with van der Waals surface area (Å²) in [6.45, 7) is 13.6. The van der Waals surface area contributed by atoms with Gasteiger partial charge in [0, 0.05) is 17.3 Å². The molecule has 0 aliphatic heterocycles. The Labute approximate surface area is 406 Å². The van der Waals surface area contributed by atoms with Crippen LogP contribution in [0.5, 0.6) is 0 Å². The molecule has 4 N–H and O–H groups in total. The Bertz CT molecular complexity index is 2650. The van der Waals surface area contributed by atoms with Crippen molar-refractivity contribution in [3.63, 3.8) is 0 Å². The Morgan fingerprint density at radius 1 is 0.739 bits per heavy atom. The molecule has 5 aliphatic rings. The maximum absolute atomic E-state index is 15.5. The van der Waals surface area contributed by atoms with Gasteiger partial charge in [0.1, 0.15) is 18.2 Å². The van der Waals surface area contributed by atoms with Crippen LogP contribution in [-0.4, -0.2) is 70.8 Å². The zero-order valence-corrected chi connectivity index (χ0v) is 41.2. The molecule has 0 spiro atoms. The number of imide groups is 1. The van der Waals surface area contributed by atoms with Gasteiger partial charge in [-0.15, -0.1) is 0 Å². The topological polar surface area (TPSA) is 163 Å². The number of rotatable bonds is 10. The van der Waals surface area contributed by atoms with Crippen LogP contribution in [0.1, 0.15) is 139 Å². The summed E-state index contributed by atoms with van der Waals surface area (Å²) in [5.41, 5.74) is 7.12. The zero-order valence-electron chi connectivity index (χ0n) is 41.2. The van der Waals surface area contributed by atoms with Crippen LogP contribution in [0.2, 0.25) is 0 Å². The summed E-state index contributed by atoms with van der Waals surface area (Å²) < 4.78 is 11.2. The molecule has 0 radical (unpaired) electrons. The van der Waals surface area contributed by atoms with E-state index in [1.54, 1.807) is 4.90 Å². The van der Waals surface area contributed by atoms with Gasteiger partial charge >= 0.3 is 12.2 Å². The van der Waals surface area contributed by atoms with E-state index in [9.17, 15) is 24.3 Å². The number of anilines is 2. The Morgan fingerprint density at radius 2 is 1.29 bits per heavy atom. The van der Waals surface area contributed by atoms with Crippen LogP contribution < -0.4 is 16.0 Å². The third kappa shape index (κ3) is 8.50.